The average Bonchev–Trinajstić information content (AvgIpc) is 1.57. The minimum absolute atomic E-state index is 0.0265. The van der Waals surface area contributed by atoms with Crippen LogP contribution in [0.2, 0.25) is 0 Å². The quantitative estimate of drug-likeness (QED) is 0.0148. The first-order valence-electron chi connectivity index (χ1n) is 34.5. The molecular weight excluding hydrogens is 1460 g/mol. The Morgan fingerprint density at radius 3 is 1.88 bits per heavy atom. The molecule has 7 rings (SSSR count). The van der Waals surface area contributed by atoms with Crippen molar-refractivity contribution in [1.29, 1.82) is 5.41 Å². The number of carbonyl (C=O) groups is 14. The lowest BCUT2D eigenvalue weighted by molar-refractivity contribution is -0.198. The Bertz CT molecular complexity index is 3950. The number of aliphatic carboxylic acids is 1. The summed E-state index contributed by atoms with van der Waals surface area (Å²) >= 11 is 0. The van der Waals surface area contributed by atoms with E-state index in [2.05, 4.69) is 63.5 Å². The van der Waals surface area contributed by atoms with Crippen molar-refractivity contribution in [3.05, 3.63) is 95.7 Å². The van der Waals surface area contributed by atoms with E-state index in [9.17, 15) is 72.9 Å². The van der Waals surface area contributed by atoms with Crippen molar-refractivity contribution in [2.24, 2.45) is 28.3 Å². The van der Waals surface area contributed by atoms with Gasteiger partial charge in [0.25, 0.3) is 0 Å². The Balaban J connectivity index is 1.30. The number of aromatic hydroxyl groups is 2. The SMILES string of the molecule is N=C(N)NCCC[C@@H]1NC(=O)[C@H](Cc2ccc(O)cc2)NC(=O)[C@H](C2(C(F)(F)F)CC2)NC(=O)[C@@H](NC(=O)[C@H](Cc2ccc(O)cc2)NC(=O)[C@@H]2CCCN2C(=O)CCN)CSSC[C@@H](C(N)=O)NC(=O)[C@H](CCC(=O)O)NC(=O)[C@H](Cc2c[nH]c3ccccc23)NC(=O)[C@H](CCC(N)=O)NC(=O)CCNC1=O. The number of aromatic amines is 1. The van der Waals surface area contributed by atoms with Gasteiger partial charge in [0.2, 0.25) is 76.8 Å². The minimum atomic E-state index is -5.29. The molecule has 24 N–H and O–H groups in total. The van der Waals surface area contributed by atoms with E-state index in [-0.39, 0.29) is 75.2 Å². The molecule has 108 heavy (non-hydrogen) atoms. The van der Waals surface area contributed by atoms with Crippen LogP contribution in [0, 0.1) is 10.8 Å². The van der Waals surface area contributed by atoms with Gasteiger partial charge in [0.1, 0.15) is 71.9 Å². The molecule has 3 aromatic carbocycles. The van der Waals surface area contributed by atoms with Gasteiger partial charge in [-0.3, -0.25) is 72.5 Å². The van der Waals surface area contributed by atoms with Gasteiger partial charge in [0.05, 0.1) is 5.41 Å². The van der Waals surface area contributed by atoms with Crippen molar-refractivity contribution >= 4 is 121 Å². The van der Waals surface area contributed by atoms with E-state index < -0.39 is 230 Å². The summed E-state index contributed by atoms with van der Waals surface area (Å²) < 4.78 is 47.1. The van der Waals surface area contributed by atoms with E-state index in [1.807, 2.05) is 0 Å². The second-order valence-electron chi connectivity index (χ2n) is 26.2. The van der Waals surface area contributed by atoms with Gasteiger partial charge in [-0.15, -0.1) is 0 Å². The molecule has 3 aliphatic rings. The molecule has 1 aliphatic carbocycles. The molecule has 2 saturated heterocycles. The minimum Gasteiger partial charge on any atom is -0.508 e. The molecule has 3 heterocycles. The number of nitrogens with one attached hydrogen (secondary N) is 13. The Morgan fingerprint density at radius 2 is 1.26 bits per heavy atom. The maximum atomic E-state index is 15.7. The van der Waals surface area contributed by atoms with Crippen molar-refractivity contribution in [2.75, 3.05) is 37.7 Å². The molecule has 3 fully saturated rings. The van der Waals surface area contributed by atoms with E-state index in [1.54, 1.807) is 24.3 Å². The molecule has 13 amide bonds. The van der Waals surface area contributed by atoms with Crippen molar-refractivity contribution < 1.29 is 95.6 Å². The van der Waals surface area contributed by atoms with Crippen molar-refractivity contribution in [2.45, 2.75) is 163 Å². The molecule has 1 saturated carbocycles. The molecule has 40 heteroatoms. The number of fused-ring (bicyclic) bond motifs is 1. The summed E-state index contributed by atoms with van der Waals surface area (Å²) in [6, 6.07) is -0.796. The second kappa shape index (κ2) is 39.6. The number of amides is 13. The summed E-state index contributed by atoms with van der Waals surface area (Å²) in [6.07, 6.45) is -9.59. The zero-order valence-corrected chi connectivity index (χ0v) is 60.0. The monoisotopic (exact) mass is 1550 g/mol. The lowest BCUT2D eigenvalue weighted by Crippen LogP contribution is -2.63. The maximum Gasteiger partial charge on any atom is 0.396 e. The zero-order chi connectivity index (χ0) is 79.0. The van der Waals surface area contributed by atoms with Crippen LogP contribution >= 0.6 is 21.6 Å². The summed E-state index contributed by atoms with van der Waals surface area (Å²) in [5.41, 5.74) is 20.9. The number of carboxylic acids is 1. The van der Waals surface area contributed by atoms with E-state index in [4.69, 9.17) is 28.3 Å². The Kier molecular flexibility index (Phi) is 31.0. The summed E-state index contributed by atoms with van der Waals surface area (Å²) in [5, 5.41) is 65.2. The van der Waals surface area contributed by atoms with Crippen molar-refractivity contribution in [3.8, 4) is 11.5 Å². The van der Waals surface area contributed by atoms with E-state index in [1.165, 1.54) is 59.6 Å². The van der Waals surface area contributed by atoms with Crippen LogP contribution in [0.25, 0.3) is 10.9 Å². The molecular formula is C68H89F3N18O17S2. The first kappa shape index (κ1) is 84.4. The molecule has 0 radical (unpaired) electrons. The first-order chi connectivity index (χ1) is 51.2. The topological polar surface area (TPSA) is 579 Å². The van der Waals surface area contributed by atoms with Gasteiger partial charge in [-0.05, 0) is 98.4 Å². The number of halogens is 3. The highest BCUT2D eigenvalue weighted by atomic mass is 33.1. The summed E-state index contributed by atoms with van der Waals surface area (Å²) in [5.74, 6) is -17.9. The zero-order valence-electron chi connectivity index (χ0n) is 58.4. The Labute approximate surface area is 624 Å². The number of phenols is 2. The number of H-pyrrole nitrogens is 1. The number of phenolic OH excluding ortho intramolecular Hbond substituents is 2. The van der Waals surface area contributed by atoms with Gasteiger partial charge in [0, 0.05) is 99.7 Å². The number of carboxylic acid groups (broad SMARTS) is 1. The molecule has 0 unspecified atom stereocenters. The van der Waals surface area contributed by atoms with Crippen LogP contribution < -0.4 is 81.4 Å². The number of hydrogen-bond acceptors (Lipinski definition) is 20. The fourth-order valence-corrected chi connectivity index (χ4v) is 14.5. The number of para-hydroxylation sites is 1. The number of aromatic nitrogens is 1. The van der Waals surface area contributed by atoms with E-state index in [0.29, 0.717) is 50.0 Å². The third kappa shape index (κ3) is 24.8. The first-order valence-corrected chi connectivity index (χ1v) is 37.0. The number of alkyl halides is 3. The highest BCUT2D eigenvalue weighted by Crippen LogP contribution is 2.60. The number of nitrogens with zero attached hydrogens (tertiary/aromatic N) is 1. The fraction of sp³-hybridized carbons (Fsp3) is 0.485. The number of hydrogen-bond donors (Lipinski definition) is 20. The third-order valence-electron chi connectivity index (χ3n) is 18.2. The second-order valence-corrected chi connectivity index (χ2v) is 28.7. The average molecular weight is 1550 g/mol. The molecule has 10 atom stereocenters. The fourth-order valence-electron chi connectivity index (χ4n) is 12.1. The van der Waals surface area contributed by atoms with Gasteiger partial charge >= 0.3 is 12.1 Å². The van der Waals surface area contributed by atoms with E-state index in [0.717, 1.165) is 0 Å². The summed E-state index contributed by atoms with van der Waals surface area (Å²) in [6.45, 7) is -0.519. The normalized spacial score (nSPS) is 22.9. The molecule has 0 spiro atoms. The smallest absolute Gasteiger partial charge is 0.396 e. The van der Waals surface area contributed by atoms with Crippen LogP contribution in [-0.4, -0.2) is 218 Å². The predicted octanol–water partition coefficient (Wildman–Crippen LogP) is -2.57. The van der Waals surface area contributed by atoms with Gasteiger partial charge < -0.3 is 107 Å². The summed E-state index contributed by atoms with van der Waals surface area (Å²) in [7, 11) is 1.32. The molecule has 0 bridgehead atoms. The number of primary amides is 2. The van der Waals surface area contributed by atoms with Crippen molar-refractivity contribution in [1.82, 2.24) is 68.4 Å². The van der Waals surface area contributed by atoms with Gasteiger partial charge in [0.15, 0.2) is 5.96 Å². The van der Waals surface area contributed by atoms with Gasteiger partial charge in [-0.25, -0.2) is 0 Å². The molecule has 4 aromatic rings. The van der Waals surface area contributed by atoms with Gasteiger partial charge in [-0.1, -0.05) is 64.1 Å². The molecule has 586 valence electrons. The summed E-state index contributed by atoms with van der Waals surface area (Å²) in [4.78, 5) is 201. The highest BCUT2D eigenvalue weighted by Gasteiger charge is 2.70. The maximum absolute atomic E-state index is 15.7. The molecule has 35 nitrogen and oxygen atoms in total. The lowest BCUT2D eigenvalue weighted by atomic mass is 9.93. The number of rotatable bonds is 24. The Hall–Kier alpha value is -10.9. The van der Waals surface area contributed by atoms with Crippen molar-refractivity contribution in [3.63, 3.8) is 0 Å². The number of likely N-dealkylation sites (tertiary alicyclic amines) is 1. The van der Waals surface area contributed by atoms with Crippen LogP contribution in [-0.2, 0) is 86.4 Å². The molecule has 2 aliphatic heterocycles. The number of carbonyl (C=O) groups excluding carboxylic acids is 13. The lowest BCUT2D eigenvalue weighted by Gasteiger charge is -2.32. The van der Waals surface area contributed by atoms with Crippen LogP contribution in [0.5, 0.6) is 11.5 Å². The Morgan fingerprint density at radius 1 is 0.676 bits per heavy atom. The van der Waals surface area contributed by atoms with Crippen LogP contribution in [0.4, 0.5) is 13.2 Å². The number of benzene rings is 3. The number of guanidine groups is 1. The largest absolute Gasteiger partial charge is 0.508 e. The standard InChI is InChI=1S/C68H89F3N18O17S2/c69-68(70,71)67(23-24-67)55-65(106)85-46(30-36-11-15-39(91)16-12-36)60(101)81-42(7-3-26-78-66(75)76)57(98)77-27-22-52(93)80-43(17-19-51(73)92)58(99)83-47(31-37-32-79-41-6-2-1-5-40(37)41)62(103)82-44(18-20-54(95)96)59(100)86-48(56(74)97)33-107-108-34-49(63(104)88-55)87-61(102)45(29-35-9-13-38(90)14-10-35)84-64(105)50-8-4-28-89(50)53(94)21-25-72/h1-2,5-6,9-16,32,42-50,55,79,90-91H,3-4,7-8,17-31,33-34,72H2,(H2,73,92)(H2,74,97)(H,77,98)(H,80,93)(H,81,101)(H,82,103)(H,83,99)(H,84,105)(H,85,106)(H,86,100)(H,87,102)(H,88,104)(H,95,96)(H4,75,76,78)/t42-,43-,44-,45-,46-,47-,48-,49-,50-,55+/m0/s1. The third-order valence-corrected chi connectivity index (χ3v) is 20.6. The van der Waals surface area contributed by atoms with Crippen LogP contribution in [0.3, 0.4) is 0 Å². The highest BCUT2D eigenvalue weighted by molar-refractivity contribution is 8.76. The van der Waals surface area contributed by atoms with Crippen LogP contribution in [0.1, 0.15) is 93.7 Å². The number of nitrogens with two attached hydrogens (primary N) is 4. The van der Waals surface area contributed by atoms with Crippen LogP contribution in [0.15, 0.2) is 79.0 Å². The predicted molar refractivity (Wildman–Crippen MR) is 385 cm³/mol. The van der Waals surface area contributed by atoms with E-state index >= 15 is 22.8 Å². The molecule has 1 aromatic heterocycles. The van der Waals surface area contributed by atoms with Gasteiger partial charge in [-0.2, -0.15) is 13.2 Å².